The molecule has 2 atom stereocenters. The van der Waals surface area contributed by atoms with E-state index < -0.39 is 12.0 Å². The largest absolute Gasteiger partial charge is 0.480 e. The van der Waals surface area contributed by atoms with Crippen molar-refractivity contribution in [2.75, 3.05) is 7.05 Å². The van der Waals surface area contributed by atoms with E-state index in [9.17, 15) is 14.7 Å². The molecule has 0 fully saturated rings. The molecule has 7 nitrogen and oxygen atoms in total. The van der Waals surface area contributed by atoms with Crippen molar-refractivity contribution in [1.29, 1.82) is 0 Å². The number of nitrogens with one attached hydrogen (secondary N) is 2. The van der Waals surface area contributed by atoms with Crippen molar-refractivity contribution in [3.63, 3.8) is 0 Å². The number of amides is 2. The Balaban J connectivity index is 2.61. The highest BCUT2D eigenvalue weighted by molar-refractivity contribution is 5.82. The van der Waals surface area contributed by atoms with Crippen LogP contribution < -0.4 is 5.32 Å². The van der Waals surface area contributed by atoms with E-state index >= 15 is 0 Å². The van der Waals surface area contributed by atoms with Gasteiger partial charge in [-0.05, 0) is 19.3 Å². The van der Waals surface area contributed by atoms with Crippen LogP contribution in [0.3, 0.4) is 0 Å². The fourth-order valence-electron chi connectivity index (χ4n) is 2.11. The maximum atomic E-state index is 12.1. The van der Waals surface area contributed by atoms with E-state index in [2.05, 4.69) is 29.1 Å². The fraction of sp³-hybridized carbons (Fsp3) is 0.643. The molecule has 0 radical (unpaired) electrons. The van der Waals surface area contributed by atoms with Crippen LogP contribution >= 0.6 is 0 Å². The van der Waals surface area contributed by atoms with Crippen molar-refractivity contribution in [1.82, 2.24) is 20.2 Å². The number of aromatic nitrogens is 2. The van der Waals surface area contributed by atoms with E-state index in [1.165, 1.54) is 6.33 Å². The van der Waals surface area contributed by atoms with Crippen LogP contribution in [0.1, 0.15) is 32.9 Å². The Hall–Kier alpha value is -2.05. The molecular formula is C14H24N4O3. The number of urea groups is 1. The summed E-state index contributed by atoms with van der Waals surface area (Å²) in [6, 6.07) is -1.31. The van der Waals surface area contributed by atoms with Gasteiger partial charge in [0, 0.05) is 31.4 Å². The molecule has 1 aromatic heterocycles. The second-order valence-corrected chi connectivity index (χ2v) is 5.71. The molecule has 0 spiro atoms. The molecule has 0 saturated carbocycles. The molecule has 0 aromatic carbocycles. The molecule has 118 valence electrons. The van der Waals surface area contributed by atoms with Gasteiger partial charge in [0.2, 0.25) is 0 Å². The molecule has 21 heavy (non-hydrogen) atoms. The number of carbonyl (C=O) groups excluding carboxylic acids is 1. The SMILES string of the molecule is CC(C)CC(C)N(C)C(=O)N[C@@H](Cc1cnc[nH]1)C(=O)O. The number of aromatic amines is 1. The van der Waals surface area contributed by atoms with Gasteiger partial charge in [-0.15, -0.1) is 0 Å². The first-order chi connectivity index (χ1) is 9.81. The number of H-pyrrole nitrogens is 1. The van der Waals surface area contributed by atoms with E-state index in [1.807, 2.05) is 6.92 Å². The van der Waals surface area contributed by atoms with Gasteiger partial charge in [-0.3, -0.25) is 0 Å². The number of imidazole rings is 1. The van der Waals surface area contributed by atoms with Crippen LogP contribution in [0.2, 0.25) is 0 Å². The van der Waals surface area contributed by atoms with E-state index in [0.29, 0.717) is 11.6 Å². The summed E-state index contributed by atoms with van der Waals surface area (Å²) >= 11 is 0. The van der Waals surface area contributed by atoms with Gasteiger partial charge in [-0.1, -0.05) is 13.8 Å². The van der Waals surface area contributed by atoms with Crippen molar-refractivity contribution < 1.29 is 14.7 Å². The highest BCUT2D eigenvalue weighted by atomic mass is 16.4. The maximum Gasteiger partial charge on any atom is 0.326 e. The highest BCUT2D eigenvalue weighted by Gasteiger charge is 2.24. The van der Waals surface area contributed by atoms with Gasteiger partial charge in [0.1, 0.15) is 6.04 Å². The van der Waals surface area contributed by atoms with Crippen LogP contribution in [0.4, 0.5) is 4.79 Å². The Morgan fingerprint density at radius 1 is 1.43 bits per heavy atom. The Bertz CT molecular complexity index is 459. The summed E-state index contributed by atoms with van der Waals surface area (Å²) in [5.74, 6) is -0.599. The van der Waals surface area contributed by atoms with Gasteiger partial charge in [-0.2, -0.15) is 0 Å². The van der Waals surface area contributed by atoms with Gasteiger partial charge in [0.05, 0.1) is 6.33 Å². The Kier molecular flexibility index (Phi) is 6.20. The molecule has 3 N–H and O–H groups in total. The molecule has 0 aliphatic heterocycles. The van der Waals surface area contributed by atoms with E-state index in [1.54, 1.807) is 18.1 Å². The lowest BCUT2D eigenvalue weighted by Gasteiger charge is -2.28. The molecule has 1 unspecified atom stereocenters. The standard InChI is InChI=1S/C14H24N4O3/c1-9(2)5-10(3)18(4)14(21)17-12(13(19)20)6-11-7-15-8-16-11/h7-10,12H,5-6H2,1-4H3,(H,15,16)(H,17,21)(H,19,20)/t10?,12-/m0/s1. The predicted octanol–water partition coefficient (Wildman–Crippen LogP) is 1.48. The molecule has 2 amide bonds. The van der Waals surface area contributed by atoms with Gasteiger partial charge in [-0.25, -0.2) is 14.6 Å². The number of carboxylic acids is 1. The van der Waals surface area contributed by atoms with Crippen LogP contribution in [0.15, 0.2) is 12.5 Å². The third-order valence-corrected chi connectivity index (χ3v) is 3.37. The number of carboxylic acid groups (broad SMARTS) is 1. The average molecular weight is 296 g/mol. The summed E-state index contributed by atoms with van der Waals surface area (Å²) in [6.45, 7) is 6.12. The summed E-state index contributed by atoms with van der Waals surface area (Å²) < 4.78 is 0. The number of aliphatic carboxylic acids is 1. The molecule has 0 bridgehead atoms. The Morgan fingerprint density at radius 3 is 2.57 bits per heavy atom. The molecular weight excluding hydrogens is 272 g/mol. The minimum absolute atomic E-state index is 0.0478. The summed E-state index contributed by atoms with van der Waals surface area (Å²) in [5.41, 5.74) is 0.667. The molecule has 1 rings (SSSR count). The predicted molar refractivity (Wildman–Crippen MR) is 78.9 cm³/mol. The van der Waals surface area contributed by atoms with Gasteiger partial charge >= 0.3 is 12.0 Å². The second kappa shape index (κ2) is 7.66. The summed E-state index contributed by atoms with van der Waals surface area (Å²) in [7, 11) is 1.68. The first-order valence-electron chi connectivity index (χ1n) is 7.04. The summed E-state index contributed by atoms with van der Waals surface area (Å²) in [6.07, 6.45) is 4.07. The molecule has 1 heterocycles. The monoisotopic (exact) mass is 296 g/mol. The van der Waals surface area contributed by atoms with Crippen molar-refractivity contribution in [2.24, 2.45) is 5.92 Å². The van der Waals surface area contributed by atoms with Crippen molar-refractivity contribution in [3.8, 4) is 0 Å². The quantitative estimate of drug-likeness (QED) is 0.709. The maximum absolute atomic E-state index is 12.1. The summed E-state index contributed by atoms with van der Waals surface area (Å²) in [5, 5.41) is 11.8. The van der Waals surface area contributed by atoms with E-state index in [-0.39, 0.29) is 18.5 Å². The molecule has 0 saturated heterocycles. The fourth-order valence-corrected chi connectivity index (χ4v) is 2.11. The lowest BCUT2D eigenvalue weighted by atomic mass is 10.0. The van der Waals surface area contributed by atoms with Gasteiger partial charge in [0.15, 0.2) is 0 Å². The third kappa shape index (κ3) is 5.45. The normalized spacial score (nSPS) is 13.8. The van der Waals surface area contributed by atoms with Crippen LogP contribution in [-0.4, -0.2) is 51.1 Å². The van der Waals surface area contributed by atoms with Gasteiger partial charge in [0.25, 0.3) is 0 Å². The zero-order valence-corrected chi connectivity index (χ0v) is 13.0. The second-order valence-electron chi connectivity index (χ2n) is 5.71. The Labute approximate surface area is 124 Å². The summed E-state index contributed by atoms with van der Waals surface area (Å²) in [4.78, 5) is 31.6. The minimum Gasteiger partial charge on any atom is -0.480 e. The van der Waals surface area contributed by atoms with E-state index in [4.69, 9.17) is 0 Å². The number of hydrogen-bond donors (Lipinski definition) is 3. The Morgan fingerprint density at radius 2 is 2.10 bits per heavy atom. The van der Waals surface area contributed by atoms with Crippen molar-refractivity contribution >= 4 is 12.0 Å². The third-order valence-electron chi connectivity index (χ3n) is 3.37. The number of carbonyl (C=O) groups is 2. The number of hydrogen-bond acceptors (Lipinski definition) is 3. The lowest BCUT2D eigenvalue weighted by Crippen LogP contribution is -2.50. The number of rotatable bonds is 7. The van der Waals surface area contributed by atoms with Crippen LogP contribution in [0.25, 0.3) is 0 Å². The van der Waals surface area contributed by atoms with E-state index in [0.717, 1.165) is 6.42 Å². The zero-order chi connectivity index (χ0) is 16.0. The molecule has 0 aliphatic carbocycles. The number of nitrogens with zero attached hydrogens (tertiary/aromatic N) is 2. The molecule has 0 aliphatic rings. The average Bonchev–Trinajstić information content (AvgIpc) is 2.88. The minimum atomic E-state index is -1.07. The first-order valence-corrected chi connectivity index (χ1v) is 7.04. The first kappa shape index (κ1) is 17.0. The highest BCUT2D eigenvalue weighted by Crippen LogP contribution is 2.10. The molecule has 7 heteroatoms. The smallest absolute Gasteiger partial charge is 0.326 e. The molecule has 1 aromatic rings. The lowest BCUT2D eigenvalue weighted by molar-refractivity contribution is -0.139. The topological polar surface area (TPSA) is 98.3 Å². The van der Waals surface area contributed by atoms with Crippen LogP contribution in [0, 0.1) is 5.92 Å². The van der Waals surface area contributed by atoms with Crippen molar-refractivity contribution in [2.45, 2.75) is 45.7 Å². The van der Waals surface area contributed by atoms with Gasteiger partial charge < -0.3 is 20.3 Å². The van der Waals surface area contributed by atoms with Crippen molar-refractivity contribution in [3.05, 3.63) is 18.2 Å². The van der Waals surface area contributed by atoms with Crippen LogP contribution in [-0.2, 0) is 11.2 Å². The van der Waals surface area contributed by atoms with Crippen LogP contribution in [0.5, 0.6) is 0 Å². The zero-order valence-electron chi connectivity index (χ0n) is 13.0.